The van der Waals surface area contributed by atoms with Crippen molar-refractivity contribution in [3.8, 4) is 11.7 Å². The van der Waals surface area contributed by atoms with Crippen LogP contribution in [0.4, 0.5) is 0 Å². The first-order valence-electron chi connectivity index (χ1n) is 8.04. The maximum absolute atomic E-state index is 12.1. The van der Waals surface area contributed by atoms with Crippen LogP contribution in [0.5, 0.6) is 0 Å². The molecule has 0 aliphatic carbocycles. The number of hydrogen-bond donors (Lipinski definition) is 1. The van der Waals surface area contributed by atoms with Crippen LogP contribution in [-0.4, -0.2) is 21.9 Å². The van der Waals surface area contributed by atoms with Gasteiger partial charge in [0, 0.05) is 0 Å². The van der Waals surface area contributed by atoms with E-state index in [1.54, 1.807) is 12.1 Å². The first-order valence-corrected chi connectivity index (χ1v) is 9.02. The monoisotopic (exact) mass is 357 g/mol. The van der Waals surface area contributed by atoms with Crippen LogP contribution >= 0.6 is 11.8 Å². The molecule has 1 amide bonds. The van der Waals surface area contributed by atoms with Gasteiger partial charge in [-0.3, -0.25) is 4.79 Å². The van der Waals surface area contributed by atoms with Gasteiger partial charge in [0.1, 0.15) is 0 Å². The van der Waals surface area contributed by atoms with E-state index in [1.165, 1.54) is 23.6 Å². The lowest BCUT2D eigenvalue weighted by atomic mass is 10.1. The summed E-state index contributed by atoms with van der Waals surface area (Å²) in [5, 5.41) is 11.1. The Balaban J connectivity index is 1.50. The van der Waals surface area contributed by atoms with Gasteiger partial charge in [-0.15, -0.1) is 10.2 Å². The molecule has 0 bridgehead atoms. The second kappa shape index (κ2) is 8.02. The number of nitrogens with zero attached hydrogens (tertiary/aromatic N) is 2. The fraction of sp³-hybridized carbons (Fsp3) is 0.278. The molecule has 7 heteroatoms. The van der Waals surface area contributed by atoms with Gasteiger partial charge in [0.25, 0.3) is 11.1 Å². The molecule has 0 saturated carbocycles. The van der Waals surface area contributed by atoms with E-state index >= 15 is 0 Å². The Bertz CT molecular complexity index is 812. The summed E-state index contributed by atoms with van der Waals surface area (Å²) in [6.07, 6.45) is 2.54. The number of benzene rings is 1. The second-order valence-corrected chi connectivity index (χ2v) is 6.45. The summed E-state index contributed by atoms with van der Waals surface area (Å²) in [7, 11) is 0. The van der Waals surface area contributed by atoms with Crippen molar-refractivity contribution in [2.45, 2.75) is 31.5 Å². The van der Waals surface area contributed by atoms with Crippen LogP contribution in [0.2, 0.25) is 0 Å². The average Bonchev–Trinajstić information content (AvgIpc) is 3.31. The number of amides is 1. The van der Waals surface area contributed by atoms with Gasteiger partial charge in [-0.05, 0) is 36.6 Å². The number of nitrogens with one attached hydrogen (secondary N) is 1. The second-order valence-electron chi connectivity index (χ2n) is 5.52. The summed E-state index contributed by atoms with van der Waals surface area (Å²) in [6, 6.07) is 11.7. The summed E-state index contributed by atoms with van der Waals surface area (Å²) >= 11 is 1.20. The SMILES string of the molecule is CCc1ccc([C@H](C)NC(=O)CSc2nnc(-c3ccco3)o2)cc1. The zero-order chi connectivity index (χ0) is 17.6. The number of carbonyl (C=O) groups is 1. The fourth-order valence-corrected chi connectivity index (χ4v) is 2.88. The highest BCUT2D eigenvalue weighted by Gasteiger charge is 2.14. The molecule has 1 N–H and O–H groups in total. The molecule has 0 radical (unpaired) electrons. The summed E-state index contributed by atoms with van der Waals surface area (Å²) in [4.78, 5) is 12.1. The van der Waals surface area contributed by atoms with Crippen LogP contribution in [0.15, 0.2) is 56.7 Å². The maximum atomic E-state index is 12.1. The molecule has 0 fully saturated rings. The first-order chi connectivity index (χ1) is 12.2. The van der Waals surface area contributed by atoms with Crippen molar-refractivity contribution in [2.24, 2.45) is 0 Å². The topological polar surface area (TPSA) is 81.2 Å². The van der Waals surface area contributed by atoms with Gasteiger partial charge in [0.15, 0.2) is 5.76 Å². The van der Waals surface area contributed by atoms with Gasteiger partial charge < -0.3 is 14.2 Å². The number of rotatable bonds is 7. The van der Waals surface area contributed by atoms with Crippen LogP contribution in [-0.2, 0) is 11.2 Å². The minimum absolute atomic E-state index is 0.0552. The Morgan fingerprint density at radius 2 is 2.04 bits per heavy atom. The van der Waals surface area contributed by atoms with Crippen molar-refractivity contribution in [3.05, 3.63) is 53.8 Å². The predicted octanol–water partition coefficient (Wildman–Crippen LogP) is 3.86. The van der Waals surface area contributed by atoms with Gasteiger partial charge >= 0.3 is 0 Å². The van der Waals surface area contributed by atoms with Crippen LogP contribution in [0, 0.1) is 0 Å². The molecule has 0 unspecified atom stereocenters. The molecule has 0 spiro atoms. The number of hydrogen-bond acceptors (Lipinski definition) is 6. The number of furan rings is 1. The maximum Gasteiger partial charge on any atom is 0.284 e. The van der Waals surface area contributed by atoms with Gasteiger partial charge in [-0.2, -0.15) is 0 Å². The molecule has 2 heterocycles. The lowest BCUT2D eigenvalue weighted by Crippen LogP contribution is -2.28. The van der Waals surface area contributed by atoms with E-state index in [0.717, 1.165) is 12.0 Å². The Kier molecular flexibility index (Phi) is 5.55. The van der Waals surface area contributed by atoms with Crippen molar-refractivity contribution < 1.29 is 13.6 Å². The Morgan fingerprint density at radius 1 is 1.24 bits per heavy atom. The predicted molar refractivity (Wildman–Crippen MR) is 95.1 cm³/mol. The summed E-state index contributed by atoms with van der Waals surface area (Å²) < 4.78 is 10.7. The standard InChI is InChI=1S/C18H19N3O3S/c1-3-13-6-8-14(9-7-13)12(2)19-16(22)11-25-18-21-20-17(24-18)15-5-4-10-23-15/h4-10,12H,3,11H2,1-2H3,(H,19,22)/t12-/m0/s1. The van der Waals surface area contributed by atoms with E-state index in [2.05, 4.69) is 34.6 Å². The van der Waals surface area contributed by atoms with Gasteiger partial charge in [0.2, 0.25) is 5.91 Å². The Morgan fingerprint density at radius 3 is 2.72 bits per heavy atom. The Hall–Kier alpha value is -2.54. The number of carbonyl (C=O) groups excluding carboxylic acids is 1. The fourth-order valence-electron chi connectivity index (χ4n) is 2.30. The van der Waals surface area contributed by atoms with Crippen molar-refractivity contribution in [2.75, 3.05) is 5.75 Å². The normalized spacial score (nSPS) is 12.1. The van der Waals surface area contributed by atoms with Gasteiger partial charge in [-0.25, -0.2) is 0 Å². The molecule has 130 valence electrons. The molecule has 3 aromatic rings. The molecule has 3 rings (SSSR count). The van der Waals surface area contributed by atoms with E-state index < -0.39 is 0 Å². The highest BCUT2D eigenvalue weighted by molar-refractivity contribution is 7.99. The lowest BCUT2D eigenvalue weighted by Gasteiger charge is -2.14. The van der Waals surface area contributed by atoms with Crippen molar-refractivity contribution in [3.63, 3.8) is 0 Å². The molecule has 6 nitrogen and oxygen atoms in total. The van der Waals surface area contributed by atoms with Crippen molar-refractivity contribution in [1.29, 1.82) is 0 Å². The van der Waals surface area contributed by atoms with Gasteiger partial charge in [0.05, 0.1) is 18.1 Å². The van der Waals surface area contributed by atoms with Crippen LogP contribution < -0.4 is 5.32 Å². The number of thioether (sulfide) groups is 1. The molecular weight excluding hydrogens is 338 g/mol. The van der Waals surface area contributed by atoms with E-state index in [0.29, 0.717) is 16.9 Å². The molecule has 0 aliphatic rings. The first kappa shape index (κ1) is 17.3. The minimum Gasteiger partial charge on any atom is -0.459 e. The Labute approximate surface area is 150 Å². The smallest absolute Gasteiger partial charge is 0.284 e. The third kappa shape index (κ3) is 4.51. The molecule has 1 aromatic carbocycles. The average molecular weight is 357 g/mol. The van der Waals surface area contributed by atoms with Crippen molar-refractivity contribution >= 4 is 17.7 Å². The third-order valence-electron chi connectivity index (χ3n) is 3.73. The molecule has 0 saturated heterocycles. The molecule has 25 heavy (non-hydrogen) atoms. The molecule has 2 aromatic heterocycles. The summed E-state index contributed by atoms with van der Waals surface area (Å²) in [5.74, 6) is 0.928. The lowest BCUT2D eigenvalue weighted by molar-refractivity contribution is -0.119. The third-order valence-corrected chi connectivity index (χ3v) is 4.55. The summed E-state index contributed by atoms with van der Waals surface area (Å²) in [6.45, 7) is 4.08. The zero-order valence-electron chi connectivity index (χ0n) is 14.1. The highest BCUT2D eigenvalue weighted by atomic mass is 32.2. The van der Waals surface area contributed by atoms with E-state index in [4.69, 9.17) is 8.83 Å². The summed E-state index contributed by atoms with van der Waals surface area (Å²) in [5.41, 5.74) is 2.36. The van der Waals surface area contributed by atoms with E-state index in [1.807, 2.05) is 19.1 Å². The van der Waals surface area contributed by atoms with E-state index in [9.17, 15) is 4.79 Å². The highest BCUT2D eigenvalue weighted by Crippen LogP contribution is 2.23. The van der Waals surface area contributed by atoms with E-state index in [-0.39, 0.29) is 17.7 Å². The number of aromatic nitrogens is 2. The molecule has 0 aliphatic heterocycles. The van der Waals surface area contributed by atoms with Crippen LogP contribution in [0.1, 0.15) is 31.0 Å². The molecular formula is C18H19N3O3S. The van der Waals surface area contributed by atoms with Crippen LogP contribution in [0.3, 0.4) is 0 Å². The minimum atomic E-state index is -0.0881. The van der Waals surface area contributed by atoms with Crippen molar-refractivity contribution in [1.82, 2.24) is 15.5 Å². The van der Waals surface area contributed by atoms with Gasteiger partial charge in [-0.1, -0.05) is 43.0 Å². The largest absolute Gasteiger partial charge is 0.459 e. The van der Waals surface area contributed by atoms with Crippen LogP contribution in [0.25, 0.3) is 11.7 Å². The number of aryl methyl sites for hydroxylation is 1. The zero-order valence-corrected chi connectivity index (χ0v) is 14.9. The quantitative estimate of drug-likeness (QED) is 0.647. The molecule has 1 atom stereocenters.